The van der Waals surface area contributed by atoms with Crippen molar-refractivity contribution < 1.29 is 14.1 Å². The molecule has 2 rings (SSSR count). The topological polar surface area (TPSA) is 48.4 Å². The highest BCUT2D eigenvalue weighted by atomic mass is 32.2. The van der Waals surface area contributed by atoms with Gasteiger partial charge in [0.1, 0.15) is 0 Å². The Balaban J connectivity index is 2.26. The molecule has 1 aromatic rings. The molecule has 0 unspecified atom stereocenters. The third-order valence-corrected chi connectivity index (χ3v) is 4.94. The molecule has 22 heavy (non-hydrogen) atoms. The average molecular weight is 319 g/mol. The Kier molecular flexibility index (Phi) is 5.15. The molecule has 4 nitrogen and oxygen atoms in total. The second-order valence-electron chi connectivity index (χ2n) is 6.37. The molecular formula is C16H22BNO3S. The van der Waals surface area contributed by atoms with Crippen LogP contribution in [0.4, 0.5) is 0 Å². The Bertz CT molecular complexity index is 556. The Morgan fingerprint density at radius 1 is 1.23 bits per heavy atom. The van der Waals surface area contributed by atoms with E-state index in [4.69, 9.17) is 9.31 Å². The first-order chi connectivity index (χ1) is 10.2. The molecule has 0 bridgehead atoms. The lowest BCUT2D eigenvalue weighted by atomic mass is 9.78. The Hall–Kier alpha value is -1.11. The molecule has 0 N–H and O–H groups in total. The summed E-state index contributed by atoms with van der Waals surface area (Å²) >= 11 is 1.26. The van der Waals surface area contributed by atoms with Crippen LogP contribution in [-0.2, 0) is 14.1 Å². The van der Waals surface area contributed by atoms with Gasteiger partial charge in [-0.1, -0.05) is 17.8 Å². The number of carbonyl (C=O) groups excluding carboxylic acids is 1. The quantitative estimate of drug-likeness (QED) is 0.796. The lowest BCUT2D eigenvalue weighted by Crippen LogP contribution is -2.41. The van der Waals surface area contributed by atoms with Gasteiger partial charge in [0.15, 0.2) is 5.12 Å². The molecule has 1 aromatic heterocycles. The molecule has 0 atom stereocenters. The van der Waals surface area contributed by atoms with Gasteiger partial charge < -0.3 is 9.31 Å². The number of rotatable bonds is 4. The van der Waals surface area contributed by atoms with Crippen molar-refractivity contribution in [1.29, 1.82) is 0 Å². The van der Waals surface area contributed by atoms with Crippen molar-refractivity contribution in [2.24, 2.45) is 0 Å². The van der Waals surface area contributed by atoms with Gasteiger partial charge in [-0.3, -0.25) is 9.78 Å². The van der Waals surface area contributed by atoms with E-state index in [2.05, 4.69) is 4.98 Å². The smallest absolute Gasteiger partial charge is 0.400 e. The lowest BCUT2D eigenvalue weighted by molar-refractivity contribution is -0.109. The summed E-state index contributed by atoms with van der Waals surface area (Å²) in [4.78, 5) is 15.3. The fraction of sp³-hybridized carbons (Fsp3) is 0.500. The predicted molar refractivity (Wildman–Crippen MR) is 91.4 cm³/mol. The number of pyridine rings is 1. The molecule has 0 radical (unpaired) electrons. The van der Waals surface area contributed by atoms with Gasteiger partial charge in [0.05, 0.1) is 11.2 Å². The fourth-order valence-electron chi connectivity index (χ4n) is 2.03. The molecule has 0 aromatic carbocycles. The monoisotopic (exact) mass is 319 g/mol. The van der Waals surface area contributed by atoms with Gasteiger partial charge in [0.2, 0.25) is 0 Å². The fourth-order valence-corrected chi connectivity index (χ4v) is 2.62. The second-order valence-corrected chi connectivity index (χ2v) is 7.52. The first-order valence-corrected chi connectivity index (χ1v) is 8.29. The largest absolute Gasteiger partial charge is 0.491 e. The molecule has 1 aliphatic rings. The van der Waals surface area contributed by atoms with Crippen LogP contribution in [0.5, 0.6) is 0 Å². The van der Waals surface area contributed by atoms with E-state index in [1.54, 1.807) is 19.3 Å². The summed E-state index contributed by atoms with van der Waals surface area (Å²) in [5.41, 5.74) is 1.18. The summed E-state index contributed by atoms with van der Waals surface area (Å²) in [5.74, 6) is 0.550. The molecule has 0 saturated carbocycles. The summed E-state index contributed by atoms with van der Waals surface area (Å²) in [7, 11) is -0.440. The maximum absolute atomic E-state index is 11.3. The van der Waals surface area contributed by atoms with E-state index < -0.39 is 18.3 Å². The minimum absolute atomic E-state index is 0.0807. The van der Waals surface area contributed by atoms with Crippen LogP contribution in [-0.4, -0.2) is 34.2 Å². The number of aromatic nitrogens is 1. The third-order valence-electron chi connectivity index (χ3n) is 4.06. The zero-order chi connectivity index (χ0) is 16.4. The SMILES string of the molecule is CC(=O)SCC(=Cc1ccncc1)B1OC(C)(C)C(C)(C)O1. The van der Waals surface area contributed by atoms with Crippen LogP contribution in [0, 0.1) is 0 Å². The number of hydrogen-bond donors (Lipinski definition) is 0. The van der Waals surface area contributed by atoms with E-state index in [0.29, 0.717) is 5.75 Å². The zero-order valence-corrected chi connectivity index (χ0v) is 14.6. The van der Waals surface area contributed by atoms with Gasteiger partial charge in [0.25, 0.3) is 0 Å². The van der Waals surface area contributed by atoms with E-state index in [9.17, 15) is 4.79 Å². The van der Waals surface area contributed by atoms with Crippen molar-refractivity contribution in [1.82, 2.24) is 4.98 Å². The minimum Gasteiger partial charge on any atom is -0.400 e. The van der Waals surface area contributed by atoms with Crippen LogP contribution in [0.15, 0.2) is 30.0 Å². The Morgan fingerprint density at radius 3 is 2.27 bits per heavy atom. The Morgan fingerprint density at radius 2 is 1.77 bits per heavy atom. The van der Waals surface area contributed by atoms with Crippen molar-refractivity contribution in [3.63, 3.8) is 0 Å². The lowest BCUT2D eigenvalue weighted by Gasteiger charge is -2.32. The van der Waals surface area contributed by atoms with Crippen molar-refractivity contribution in [3.05, 3.63) is 35.6 Å². The van der Waals surface area contributed by atoms with Gasteiger partial charge in [0, 0.05) is 25.1 Å². The maximum atomic E-state index is 11.3. The maximum Gasteiger partial charge on any atom is 0.491 e. The van der Waals surface area contributed by atoms with Gasteiger partial charge >= 0.3 is 7.12 Å². The predicted octanol–water partition coefficient (Wildman–Crippen LogP) is 3.38. The number of thioether (sulfide) groups is 1. The van der Waals surface area contributed by atoms with Crippen LogP contribution in [0.25, 0.3) is 6.08 Å². The first-order valence-electron chi connectivity index (χ1n) is 7.31. The number of nitrogens with zero attached hydrogens (tertiary/aromatic N) is 1. The standard InChI is InChI=1S/C16H22BNO3S/c1-12(19)22-11-14(10-13-6-8-18-9-7-13)17-20-15(2,3)16(4,5)21-17/h6-10H,11H2,1-5H3. The van der Waals surface area contributed by atoms with Crippen molar-refractivity contribution in [2.75, 3.05) is 5.75 Å². The summed E-state index contributed by atoms with van der Waals surface area (Å²) in [6.07, 6.45) is 5.50. The molecule has 2 heterocycles. The zero-order valence-electron chi connectivity index (χ0n) is 13.8. The number of carbonyl (C=O) groups is 1. The molecule has 1 saturated heterocycles. The number of hydrogen-bond acceptors (Lipinski definition) is 5. The molecule has 0 aliphatic carbocycles. The molecular weight excluding hydrogens is 297 g/mol. The van der Waals surface area contributed by atoms with Crippen LogP contribution in [0.1, 0.15) is 40.2 Å². The van der Waals surface area contributed by atoms with Crippen LogP contribution < -0.4 is 0 Å². The summed E-state index contributed by atoms with van der Waals surface area (Å²) in [6, 6.07) is 3.84. The van der Waals surface area contributed by atoms with E-state index in [0.717, 1.165) is 11.0 Å². The minimum atomic E-state index is -0.440. The van der Waals surface area contributed by atoms with E-state index >= 15 is 0 Å². The van der Waals surface area contributed by atoms with E-state index in [1.807, 2.05) is 45.9 Å². The van der Waals surface area contributed by atoms with Gasteiger partial charge in [-0.05, 0) is 50.9 Å². The van der Waals surface area contributed by atoms with Crippen molar-refractivity contribution in [3.8, 4) is 0 Å². The highest BCUT2D eigenvalue weighted by Crippen LogP contribution is 2.39. The highest BCUT2D eigenvalue weighted by Gasteiger charge is 2.52. The molecule has 0 spiro atoms. The summed E-state index contributed by atoms with van der Waals surface area (Å²) in [6.45, 7) is 9.66. The van der Waals surface area contributed by atoms with E-state index in [1.165, 1.54) is 11.8 Å². The average Bonchev–Trinajstić information content (AvgIpc) is 2.64. The second kappa shape index (κ2) is 6.56. The van der Waals surface area contributed by atoms with E-state index in [-0.39, 0.29) is 5.12 Å². The van der Waals surface area contributed by atoms with Crippen LogP contribution in [0.2, 0.25) is 0 Å². The first kappa shape index (κ1) is 17.3. The van der Waals surface area contributed by atoms with Crippen LogP contribution in [0.3, 0.4) is 0 Å². The van der Waals surface area contributed by atoms with Gasteiger partial charge in [-0.25, -0.2) is 0 Å². The van der Waals surface area contributed by atoms with Crippen molar-refractivity contribution >= 4 is 30.1 Å². The molecule has 118 valence electrons. The molecule has 1 fully saturated rings. The normalized spacial score (nSPS) is 20.2. The van der Waals surface area contributed by atoms with Gasteiger partial charge in [-0.15, -0.1) is 0 Å². The molecule has 0 amide bonds. The highest BCUT2D eigenvalue weighted by molar-refractivity contribution is 8.13. The molecule has 6 heteroatoms. The van der Waals surface area contributed by atoms with Crippen LogP contribution >= 0.6 is 11.8 Å². The Labute approximate surface area is 136 Å². The van der Waals surface area contributed by atoms with Gasteiger partial charge in [-0.2, -0.15) is 0 Å². The summed E-state index contributed by atoms with van der Waals surface area (Å²) in [5, 5.41) is 0.0807. The van der Waals surface area contributed by atoms with Crippen molar-refractivity contribution in [2.45, 2.75) is 45.8 Å². The third kappa shape index (κ3) is 4.00. The summed E-state index contributed by atoms with van der Waals surface area (Å²) < 4.78 is 12.2. The molecule has 1 aliphatic heterocycles.